The molecule has 0 radical (unpaired) electrons. The van der Waals surface area contributed by atoms with Crippen LogP contribution in [0.2, 0.25) is 0 Å². The zero-order chi connectivity index (χ0) is 11.1. The Balaban J connectivity index is 2.05. The lowest BCUT2D eigenvalue weighted by atomic mass is 10.2. The molecule has 1 amide bonds. The van der Waals surface area contributed by atoms with E-state index in [0.29, 0.717) is 13.1 Å². The van der Waals surface area contributed by atoms with E-state index in [-0.39, 0.29) is 29.5 Å². The molecule has 1 N–H and O–H groups in total. The minimum absolute atomic E-state index is 0.0552. The Labute approximate surface area is 89.7 Å². The van der Waals surface area contributed by atoms with Crippen molar-refractivity contribution in [2.24, 2.45) is 0 Å². The second kappa shape index (κ2) is 3.75. The van der Waals surface area contributed by atoms with E-state index in [1.54, 1.807) is 4.90 Å². The van der Waals surface area contributed by atoms with Crippen LogP contribution in [0.3, 0.4) is 0 Å². The highest BCUT2D eigenvalue weighted by molar-refractivity contribution is 7.91. The number of nitrogens with zero attached hydrogens (tertiary/aromatic N) is 1. The van der Waals surface area contributed by atoms with Crippen molar-refractivity contribution in [2.75, 3.05) is 18.2 Å². The van der Waals surface area contributed by atoms with Gasteiger partial charge in [-0.1, -0.05) is 6.92 Å². The van der Waals surface area contributed by atoms with E-state index in [2.05, 4.69) is 5.32 Å². The molecule has 2 atom stereocenters. The fourth-order valence-corrected chi connectivity index (χ4v) is 3.95. The van der Waals surface area contributed by atoms with E-state index < -0.39 is 9.84 Å². The van der Waals surface area contributed by atoms with Crippen molar-refractivity contribution in [3.8, 4) is 0 Å². The van der Waals surface area contributed by atoms with E-state index in [1.807, 2.05) is 6.92 Å². The fraction of sp³-hybridized carbons (Fsp3) is 0.889. The molecule has 0 aromatic rings. The Hall–Kier alpha value is -0.620. The first-order chi connectivity index (χ1) is 7.03. The number of amides is 1. The van der Waals surface area contributed by atoms with Crippen LogP contribution in [0.25, 0.3) is 0 Å². The van der Waals surface area contributed by atoms with Crippen molar-refractivity contribution in [1.82, 2.24) is 10.2 Å². The predicted octanol–water partition coefficient (Wildman–Crippen LogP) is -0.659. The zero-order valence-electron chi connectivity index (χ0n) is 8.77. The first-order valence-electron chi connectivity index (χ1n) is 5.28. The van der Waals surface area contributed by atoms with Crippen LogP contribution in [0.1, 0.15) is 19.8 Å². The molecular formula is C9H16N2O3S. The van der Waals surface area contributed by atoms with Gasteiger partial charge < -0.3 is 4.90 Å². The molecule has 0 bridgehead atoms. The Morgan fingerprint density at radius 1 is 1.53 bits per heavy atom. The summed E-state index contributed by atoms with van der Waals surface area (Å²) < 4.78 is 22.6. The minimum atomic E-state index is -2.90. The second-order valence-electron chi connectivity index (χ2n) is 4.19. The van der Waals surface area contributed by atoms with Crippen LogP contribution in [0.4, 0.5) is 0 Å². The maximum Gasteiger partial charge on any atom is 0.241 e. The van der Waals surface area contributed by atoms with Crippen molar-refractivity contribution in [3.05, 3.63) is 0 Å². The highest BCUT2D eigenvalue weighted by Gasteiger charge is 2.39. The summed E-state index contributed by atoms with van der Waals surface area (Å²) in [6.45, 7) is 2.45. The summed E-state index contributed by atoms with van der Waals surface area (Å²) in [5.74, 6) is 0.411. The molecule has 2 saturated heterocycles. The van der Waals surface area contributed by atoms with Gasteiger partial charge in [-0.2, -0.15) is 0 Å². The first kappa shape index (κ1) is 10.9. The van der Waals surface area contributed by atoms with Crippen LogP contribution in [0.5, 0.6) is 0 Å². The van der Waals surface area contributed by atoms with E-state index in [4.69, 9.17) is 0 Å². The van der Waals surface area contributed by atoms with Crippen LogP contribution >= 0.6 is 0 Å². The largest absolute Gasteiger partial charge is 0.325 e. The van der Waals surface area contributed by atoms with E-state index in [1.165, 1.54) is 0 Å². The first-order valence-corrected chi connectivity index (χ1v) is 7.10. The monoisotopic (exact) mass is 232 g/mol. The molecular weight excluding hydrogens is 216 g/mol. The molecule has 5 nitrogen and oxygen atoms in total. The van der Waals surface area contributed by atoms with Crippen molar-refractivity contribution in [2.45, 2.75) is 31.8 Å². The average Bonchev–Trinajstić information content (AvgIpc) is 2.69. The maximum atomic E-state index is 11.8. The summed E-state index contributed by atoms with van der Waals surface area (Å²) in [5, 5.41) is 3.09. The molecule has 2 rings (SSSR count). The lowest BCUT2D eigenvalue weighted by Crippen LogP contribution is -2.39. The van der Waals surface area contributed by atoms with Gasteiger partial charge in [-0.15, -0.1) is 0 Å². The number of carbonyl (C=O) groups excluding carboxylic acids is 1. The normalized spacial score (nSPS) is 35.0. The molecule has 2 unspecified atom stereocenters. The second-order valence-corrected chi connectivity index (χ2v) is 6.42. The van der Waals surface area contributed by atoms with Crippen molar-refractivity contribution in [3.63, 3.8) is 0 Å². The lowest BCUT2D eigenvalue weighted by molar-refractivity contribution is -0.130. The summed E-state index contributed by atoms with van der Waals surface area (Å²) in [6, 6.07) is -0.222. The maximum absolute atomic E-state index is 11.8. The highest BCUT2D eigenvalue weighted by Crippen LogP contribution is 2.20. The van der Waals surface area contributed by atoms with E-state index in [0.717, 1.165) is 6.42 Å². The molecule has 6 heteroatoms. The number of nitrogens with one attached hydrogen (secondary N) is 1. The van der Waals surface area contributed by atoms with Gasteiger partial charge in [0.15, 0.2) is 9.84 Å². The molecule has 0 aromatic heterocycles. The summed E-state index contributed by atoms with van der Waals surface area (Å²) in [7, 11) is -2.90. The molecule has 2 aliphatic heterocycles. The smallest absolute Gasteiger partial charge is 0.241 e. The third-order valence-corrected chi connectivity index (χ3v) is 4.90. The Morgan fingerprint density at radius 2 is 2.27 bits per heavy atom. The molecule has 15 heavy (non-hydrogen) atoms. The molecule has 0 aliphatic carbocycles. The summed E-state index contributed by atoms with van der Waals surface area (Å²) in [4.78, 5) is 13.5. The predicted molar refractivity (Wildman–Crippen MR) is 56.0 cm³/mol. The molecule has 2 fully saturated rings. The van der Waals surface area contributed by atoms with Gasteiger partial charge in [-0.3, -0.25) is 10.1 Å². The number of hydrogen-bond acceptors (Lipinski definition) is 4. The standard InChI is InChI=1S/C9H16N2O3S/c1-2-8-9(12)11(6-10-8)7-3-4-15(13,14)5-7/h7-8,10H,2-6H2,1H3. The van der Waals surface area contributed by atoms with Crippen molar-refractivity contribution >= 4 is 15.7 Å². The molecule has 86 valence electrons. The lowest BCUT2D eigenvalue weighted by Gasteiger charge is -2.21. The van der Waals surface area contributed by atoms with Crippen LogP contribution in [0, 0.1) is 0 Å². The van der Waals surface area contributed by atoms with Crippen molar-refractivity contribution in [1.29, 1.82) is 0 Å². The van der Waals surface area contributed by atoms with Crippen LogP contribution in [-0.2, 0) is 14.6 Å². The average molecular weight is 232 g/mol. The quantitative estimate of drug-likeness (QED) is 0.686. The van der Waals surface area contributed by atoms with Gasteiger partial charge in [0.25, 0.3) is 0 Å². The summed E-state index contributed by atoms with van der Waals surface area (Å²) >= 11 is 0. The topological polar surface area (TPSA) is 66.5 Å². The van der Waals surface area contributed by atoms with Gasteiger partial charge in [-0.25, -0.2) is 8.42 Å². The van der Waals surface area contributed by atoms with Gasteiger partial charge >= 0.3 is 0 Å². The van der Waals surface area contributed by atoms with Crippen LogP contribution < -0.4 is 5.32 Å². The third-order valence-electron chi connectivity index (χ3n) is 3.15. The van der Waals surface area contributed by atoms with Gasteiger partial charge in [-0.05, 0) is 12.8 Å². The summed E-state index contributed by atoms with van der Waals surface area (Å²) in [6.07, 6.45) is 1.35. The molecule has 2 heterocycles. The Bertz CT molecular complexity index is 366. The summed E-state index contributed by atoms with van der Waals surface area (Å²) in [5.41, 5.74) is 0. The third kappa shape index (κ3) is 2.01. The molecule has 2 aliphatic rings. The Morgan fingerprint density at radius 3 is 2.73 bits per heavy atom. The van der Waals surface area contributed by atoms with Crippen molar-refractivity contribution < 1.29 is 13.2 Å². The molecule has 0 aromatic carbocycles. The number of carbonyl (C=O) groups is 1. The van der Waals surface area contributed by atoms with E-state index in [9.17, 15) is 13.2 Å². The van der Waals surface area contributed by atoms with Crippen LogP contribution in [-0.4, -0.2) is 49.5 Å². The SMILES string of the molecule is CCC1NCN(C2CCS(=O)(=O)C2)C1=O. The van der Waals surface area contributed by atoms with Gasteiger partial charge in [0.05, 0.1) is 24.2 Å². The Kier molecular flexibility index (Phi) is 2.72. The van der Waals surface area contributed by atoms with Gasteiger partial charge in [0.2, 0.25) is 5.91 Å². The zero-order valence-corrected chi connectivity index (χ0v) is 9.59. The van der Waals surface area contributed by atoms with E-state index >= 15 is 0 Å². The highest BCUT2D eigenvalue weighted by atomic mass is 32.2. The number of sulfone groups is 1. The molecule has 0 spiro atoms. The molecule has 0 saturated carbocycles. The minimum Gasteiger partial charge on any atom is -0.325 e. The number of hydrogen-bond donors (Lipinski definition) is 1. The van der Waals surface area contributed by atoms with Gasteiger partial charge in [0, 0.05) is 6.04 Å². The van der Waals surface area contributed by atoms with Crippen LogP contribution in [0.15, 0.2) is 0 Å². The fourth-order valence-electron chi connectivity index (χ4n) is 2.22. The van der Waals surface area contributed by atoms with Gasteiger partial charge in [0.1, 0.15) is 0 Å². The number of rotatable bonds is 2.